The first kappa shape index (κ1) is 4.17. The first-order valence-corrected chi connectivity index (χ1v) is 2.71. The Morgan fingerprint density at radius 2 is 2.50 bits per heavy atom. The fourth-order valence-corrected chi connectivity index (χ4v) is 0.449. The second-order valence-corrected chi connectivity index (χ2v) is 2.12. The Bertz CT molecular complexity index is 85.0. The van der Waals surface area contributed by atoms with E-state index in [1.54, 1.807) is 6.21 Å². The van der Waals surface area contributed by atoms with Crippen LogP contribution < -0.4 is 0 Å². The van der Waals surface area contributed by atoms with Gasteiger partial charge in [-0.2, -0.15) is 0 Å². The normalized spacial score (nSPS) is 29.2. The van der Waals surface area contributed by atoms with Gasteiger partial charge in [-0.1, -0.05) is 0 Å². The number of halogens is 1. The number of alkyl halides is 1. The molecule has 0 amide bonds. The highest BCUT2D eigenvalue weighted by atomic mass is 127. The Morgan fingerprint density at radius 3 is 2.67 bits per heavy atom. The smallest absolute Gasteiger partial charge is 0.149 e. The van der Waals surface area contributed by atoms with Crippen LogP contribution in [0.4, 0.5) is 0 Å². The molecule has 4 heteroatoms. The standard InChI is InChI=1S/C2H2IN3/c3-2-1-4-6-5-2/h1-2H. The maximum atomic E-state index is 3.63. The van der Waals surface area contributed by atoms with Gasteiger partial charge in [0.1, 0.15) is 0 Å². The Labute approximate surface area is 48.7 Å². The molecule has 0 aliphatic carbocycles. The molecule has 6 heavy (non-hydrogen) atoms. The summed E-state index contributed by atoms with van der Waals surface area (Å²) in [4.78, 5) is 0. The van der Waals surface area contributed by atoms with E-state index in [2.05, 4.69) is 38.0 Å². The van der Waals surface area contributed by atoms with Crippen molar-refractivity contribution in [1.29, 1.82) is 0 Å². The van der Waals surface area contributed by atoms with Crippen molar-refractivity contribution >= 4 is 28.8 Å². The molecule has 1 heterocycles. The van der Waals surface area contributed by atoms with Crippen LogP contribution in [0, 0.1) is 0 Å². The highest BCUT2D eigenvalue weighted by molar-refractivity contribution is 14.1. The summed E-state index contributed by atoms with van der Waals surface area (Å²) in [6.45, 7) is 0. The van der Waals surface area contributed by atoms with Gasteiger partial charge in [0.25, 0.3) is 0 Å². The van der Waals surface area contributed by atoms with Crippen molar-refractivity contribution in [2.24, 2.45) is 15.4 Å². The lowest BCUT2D eigenvalue weighted by molar-refractivity contribution is 1.05. The number of hydrogen-bond acceptors (Lipinski definition) is 3. The van der Waals surface area contributed by atoms with Crippen LogP contribution in [0.2, 0.25) is 0 Å². The molecule has 1 unspecified atom stereocenters. The van der Waals surface area contributed by atoms with E-state index in [9.17, 15) is 0 Å². The Kier molecular flexibility index (Phi) is 1.13. The monoisotopic (exact) mass is 195 g/mol. The van der Waals surface area contributed by atoms with Crippen molar-refractivity contribution in [3.05, 3.63) is 0 Å². The maximum absolute atomic E-state index is 3.63. The van der Waals surface area contributed by atoms with Crippen LogP contribution in [0.15, 0.2) is 15.4 Å². The lowest BCUT2D eigenvalue weighted by atomic mass is 10.8. The second kappa shape index (κ2) is 1.63. The summed E-state index contributed by atoms with van der Waals surface area (Å²) >= 11 is 2.12. The molecule has 1 aliphatic rings. The topological polar surface area (TPSA) is 37.1 Å². The first-order valence-electron chi connectivity index (χ1n) is 1.47. The number of rotatable bonds is 0. The van der Waals surface area contributed by atoms with Gasteiger partial charge in [-0.05, 0) is 27.8 Å². The zero-order chi connectivity index (χ0) is 4.41. The van der Waals surface area contributed by atoms with Gasteiger partial charge in [0.15, 0.2) is 4.05 Å². The summed E-state index contributed by atoms with van der Waals surface area (Å²) in [7, 11) is 0. The van der Waals surface area contributed by atoms with Crippen LogP contribution in [0.3, 0.4) is 0 Å². The predicted octanol–water partition coefficient (Wildman–Crippen LogP) is 1.20. The van der Waals surface area contributed by atoms with Crippen LogP contribution in [-0.2, 0) is 0 Å². The second-order valence-electron chi connectivity index (χ2n) is 0.842. The quantitative estimate of drug-likeness (QED) is 0.316. The largest absolute Gasteiger partial charge is 0.161 e. The molecule has 1 rings (SSSR count). The van der Waals surface area contributed by atoms with Gasteiger partial charge in [0.2, 0.25) is 0 Å². The highest BCUT2D eigenvalue weighted by Crippen LogP contribution is 2.04. The maximum Gasteiger partial charge on any atom is 0.161 e. The van der Waals surface area contributed by atoms with Crippen LogP contribution in [0.1, 0.15) is 0 Å². The zero-order valence-corrected chi connectivity index (χ0v) is 5.03. The summed E-state index contributed by atoms with van der Waals surface area (Å²) in [5.74, 6) is 0. The number of hydrogen-bond donors (Lipinski definition) is 0. The van der Waals surface area contributed by atoms with E-state index in [0.29, 0.717) is 0 Å². The molecule has 0 saturated heterocycles. The third-order valence-electron chi connectivity index (χ3n) is 0.403. The first-order chi connectivity index (χ1) is 2.89. The molecule has 3 nitrogen and oxygen atoms in total. The third kappa shape index (κ3) is 0.735. The predicted molar refractivity (Wildman–Crippen MR) is 31.2 cm³/mol. The van der Waals surface area contributed by atoms with Crippen molar-refractivity contribution in [2.75, 3.05) is 0 Å². The van der Waals surface area contributed by atoms with E-state index >= 15 is 0 Å². The summed E-state index contributed by atoms with van der Waals surface area (Å²) in [5, 5.41) is 10.5. The summed E-state index contributed by atoms with van der Waals surface area (Å²) < 4.78 is 0.183. The lowest BCUT2D eigenvalue weighted by Gasteiger charge is -1.75. The van der Waals surface area contributed by atoms with Crippen molar-refractivity contribution in [1.82, 2.24) is 0 Å². The van der Waals surface area contributed by atoms with Gasteiger partial charge in [-0.3, -0.25) is 0 Å². The minimum absolute atomic E-state index is 0.183. The average molecular weight is 195 g/mol. The molecule has 0 aromatic rings. The molecule has 1 aliphatic heterocycles. The minimum Gasteiger partial charge on any atom is -0.149 e. The Hall–Kier alpha value is -0.0000000000000000555. The summed E-state index contributed by atoms with van der Waals surface area (Å²) in [6, 6.07) is 0. The molecular formula is C2H2IN3. The molecule has 1 atom stereocenters. The molecule has 0 fully saturated rings. The van der Waals surface area contributed by atoms with Crippen LogP contribution in [0.25, 0.3) is 0 Å². The molecule has 32 valence electrons. The van der Waals surface area contributed by atoms with E-state index in [1.807, 2.05) is 0 Å². The average Bonchev–Trinajstić information content (AvgIpc) is 1.86. The van der Waals surface area contributed by atoms with Gasteiger partial charge in [0, 0.05) is 0 Å². The van der Waals surface area contributed by atoms with Crippen LogP contribution in [-0.4, -0.2) is 10.3 Å². The van der Waals surface area contributed by atoms with Gasteiger partial charge >= 0.3 is 0 Å². The molecule has 0 aromatic heterocycles. The van der Waals surface area contributed by atoms with Crippen LogP contribution >= 0.6 is 22.6 Å². The molecule has 0 saturated carbocycles. The Balaban J connectivity index is 2.60. The summed E-state index contributed by atoms with van der Waals surface area (Å²) in [5.41, 5.74) is 0. The van der Waals surface area contributed by atoms with E-state index in [0.717, 1.165) is 0 Å². The van der Waals surface area contributed by atoms with Crippen LogP contribution in [0.5, 0.6) is 0 Å². The highest BCUT2D eigenvalue weighted by Gasteiger charge is 1.97. The van der Waals surface area contributed by atoms with Gasteiger partial charge in [-0.15, -0.1) is 10.2 Å². The molecule has 0 bridgehead atoms. The minimum atomic E-state index is 0.183. The van der Waals surface area contributed by atoms with E-state index in [-0.39, 0.29) is 4.05 Å². The molecule has 0 radical (unpaired) electrons. The van der Waals surface area contributed by atoms with Gasteiger partial charge in [0.05, 0.1) is 6.21 Å². The van der Waals surface area contributed by atoms with E-state index in [1.165, 1.54) is 0 Å². The van der Waals surface area contributed by atoms with E-state index < -0.39 is 0 Å². The zero-order valence-electron chi connectivity index (χ0n) is 2.87. The molecule has 0 spiro atoms. The van der Waals surface area contributed by atoms with Crippen molar-refractivity contribution in [3.63, 3.8) is 0 Å². The van der Waals surface area contributed by atoms with Crippen molar-refractivity contribution < 1.29 is 0 Å². The fourth-order valence-electron chi connectivity index (χ4n) is 0.194. The third-order valence-corrected chi connectivity index (χ3v) is 0.974. The molecule has 0 N–H and O–H groups in total. The summed E-state index contributed by atoms with van der Waals surface area (Å²) in [6.07, 6.45) is 1.68. The molecular weight excluding hydrogens is 193 g/mol. The van der Waals surface area contributed by atoms with Gasteiger partial charge < -0.3 is 0 Å². The van der Waals surface area contributed by atoms with Crippen molar-refractivity contribution in [3.8, 4) is 0 Å². The SMILES string of the molecule is IC1C=NN=N1. The number of nitrogens with zero attached hydrogens (tertiary/aromatic N) is 3. The molecule has 0 aromatic carbocycles. The van der Waals surface area contributed by atoms with Gasteiger partial charge in [-0.25, -0.2) is 0 Å². The Morgan fingerprint density at radius 1 is 1.67 bits per heavy atom. The van der Waals surface area contributed by atoms with E-state index in [4.69, 9.17) is 0 Å². The fraction of sp³-hybridized carbons (Fsp3) is 0.500. The van der Waals surface area contributed by atoms with Crippen molar-refractivity contribution in [2.45, 2.75) is 4.05 Å². The lowest BCUT2D eigenvalue weighted by Crippen LogP contribution is -1.84.